The largest absolute Gasteiger partial charge is 0.427 e. The van der Waals surface area contributed by atoms with E-state index in [4.69, 9.17) is 21.3 Å². The van der Waals surface area contributed by atoms with E-state index in [-0.39, 0.29) is 5.97 Å². The van der Waals surface area contributed by atoms with E-state index in [2.05, 4.69) is 23.2 Å². The van der Waals surface area contributed by atoms with Crippen molar-refractivity contribution < 1.29 is 9.53 Å². The topological polar surface area (TPSA) is 55.0 Å². The van der Waals surface area contributed by atoms with Gasteiger partial charge in [0, 0.05) is 27.7 Å². The lowest BCUT2D eigenvalue weighted by Gasteiger charge is -2.08. The average Bonchev–Trinajstić information content (AvgIpc) is 3.15. The maximum Gasteiger partial charge on any atom is 0.311 e. The number of rotatable bonds is 6. The Balaban J connectivity index is 1.40. The van der Waals surface area contributed by atoms with Crippen molar-refractivity contribution in [3.8, 4) is 17.1 Å². The van der Waals surface area contributed by atoms with Crippen molar-refractivity contribution in [1.29, 1.82) is 0 Å². The first-order valence-corrected chi connectivity index (χ1v) is 11.8. The van der Waals surface area contributed by atoms with Crippen LogP contribution >= 0.6 is 11.6 Å². The second-order valence-electron chi connectivity index (χ2n) is 8.71. The van der Waals surface area contributed by atoms with Gasteiger partial charge >= 0.3 is 5.97 Å². The molecule has 5 aromatic rings. The van der Waals surface area contributed by atoms with Gasteiger partial charge in [-0.2, -0.15) is 0 Å². The van der Waals surface area contributed by atoms with Gasteiger partial charge in [0.1, 0.15) is 5.75 Å². The number of benzene rings is 3. The molecular weight excluding hydrogens is 444 g/mol. The second-order valence-corrected chi connectivity index (χ2v) is 9.15. The summed E-state index contributed by atoms with van der Waals surface area (Å²) < 4.78 is 5.58. The van der Waals surface area contributed by atoms with Crippen LogP contribution in [0.3, 0.4) is 0 Å². The van der Waals surface area contributed by atoms with Crippen LogP contribution in [0.25, 0.3) is 33.2 Å². The molecule has 170 valence electrons. The molecule has 0 aliphatic heterocycles. The van der Waals surface area contributed by atoms with Gasteiger partial charge in [0.15, 0.2) is 0 Å². The zero-order valence-corrected chi connectivity index (χ0v) is 19.9. The molecule has 1 N–H and O–H groups in total. The Morgan fingerprint density at radius 1 is 0.971 bits per heavy atom. The number of aromatic nitrogens is 2. The van der Waals surface area contributed by atoms with Gasteiger partial charge in [0.2, 0.25) is 0 Å². The molecule has 0 atom stereocenters. The first kappa shape index (κ1) is 22.2. The third-order valence-electron chi connectivity index (χ3n) is 5.96. The number of fused-ring (bicyclic) bond motifs is 2. The highest BCUT2D eigenvalue weighted by molar-refractivity contribution is 6.31. The van der Waals surface area contributed by atoms with Gasteiger partial charge in [0.25, 0.3) is 0 Å². The Labute approximate surface area is 203 Å². The number of aryl methyl sites for hydroxylation is 3. The molecule has 5 heteroatoms. The van der Waals surface area contributed by atoms with Gasteiger partial charge in [-0.15, -0.1) is 0 Å². The van der Waals surface area contributed by atoms with Crippen molar-refractivity contribution in [2.45, 2.75) is 33.1 Å². The van der Waals surface area contributed by atoms with Crippen molar-refractivity contribution in [2.24, 2.45) is 0 Å². The van der Waals surface area contributed by atoms with Crippen LogP contribution in [0.2, 0.25) is 5.02 Å². The van der Waals surface area contributed by atoms with Crippen LogP contribution in [-0.4, -0.2) is 15.9 Å². The van der Waals surface area contributed by atoms with E-state index in [1.54, 1.807) is 0 Å². The summed E-state index contributed by atoms with van der Waals surface area (Å²) >= 11 is 6.32. The Kier molecular flexibility index (Phi) is 6.08. The summed E-state index contributed by atoms with van der Waals surface area (Å²) in [6.45, 7) is 3.99. The number of carbonyl (C=O) groups excluding carboxylic acids is 1. The zero-order chi connectivity index (χ0) is 23.7. The summed E-state index contributed by atoms with van der Waals surface area (Å²) in [6, 6.07) is 23.9. The van der Waals surface area contributed by atoms with E-state index in [1.165, 1.54) is 0 Å². The molecule has 0 amide bonds. The Hall–Kier alpha value is -3.63. The smallest absolute Gasteiger partial charge is 0.311 e. The van der Waals surface area contributed by atoms with E-state index in [1.807, 2.05) is 68.4 Å². The number of halogens is 1. The van der Waals surface area contributed by atoms with E-state index in [9.17, 15) is 4.79 Å². The van der Waals surface area contributed by atoms with Crippen LogP contribution in [0.1, 0.15) is 29.5 Å². The lowest BCUT2D eigenvalue weighted by Crippen LogP contribution is -2.08. The number of hydrogen-bond donors (Lipinski definition) is 1. The van der Waals surface area contributed by atoms with Gasteiger partial charge in [-0.05, 0) is 85.8 Å². The minimum Gasteiger partial charge on any atom is -0.427 e. The summed E-state index contributed by atoms with van der Waals surface area (Å²) in [6.07, 6.45) is 1.68. The van der Waals surface area contributed by atoms with Crippen molar-refractivity contribution in [2.75, 3.05) is 0 Å². The molecule has 34 heavy (non-hydrogen) atoms. The highest BCUT2D eigenvalue weighted by atomic mass is 35.5. The minimum atomic E-state index is -0.228. The fourth-order valence-corrected chi connectivity index (χ4v) is 4.66. The van der Waals surface area contributed by atoms with Crippen LogP contribution in [0.5, 0.6) is 5.75 Å². The number of para-hydroxylation sites is 1. The van der Waals surface area contributed by atoms with E-state index in [0.29, 0.717) is 30.0 Å². The quantitative estimate of drug-likeness (QED) is 0.206. The van der Waals surface area contributed by atoms with Gasteiger partial charge < -0.3 is 9.72 Å². The van der Waals surface area contributed by atoms with Gasteiger partial charge in [-0.1, -0.05) is 41.9 Å². The third kappa shape index (κ3) is 4.68. The predicted octanol–water partition coefficient (Wildman–Crippen LogP) is 7.58. The number of aromatic amines is 1. The number of nitrogens with one attached hydrogen (secondary N) is 1. The number of nitrogens with zero attached hydrogens (tertiary/aromatic N) is 1. The van der Waals surface area contributed by atoms with Crippen LogP contribution < -0.4 is 4.74 Å². The van der Waals surface area contributed by atoms with Gasteiger partial charge in [0.05, 0.1) is 16.9 Å². The maximum absolute atomic E-state index is 12.5. The minimum absolute atomic E-state index is 0.228. The Morgan fingerprint density at radius 3 is 2.59 bits per heavy atom. The van der Waals surface area contributed by atoms with E-state index in [0.717, 1.165) is 49.9 Å². The highest BCUT2D eigenvalue weighted by Gasteiger charge is 2.16. The molecule has 0 radical (unpaired) electrons. The number of pyridine rings is 1. The monoisotopic (exact) mass is 468 g/mol. The molecule has 5 rings (SSSR count). The molecule has 4 nitrogen and oxygen atoms in total. The predicted molar refractivity (Wildman–Crippen MR) is 139 cm³/mol. The highest BCUT2D eigenvalue weighted by Crippen LogP contribution is 2.33. The van der Waals surface area contributed by atoms with Crippen LogP contribution in [0, 0.1) is 13.8 Å². The fourth-order valence-electron chi connectivity index (χ4n) is 4.49. The summed E-state index contributed by atoms with van der Waals surface area (Å²) in [4.78, 5) is 20.9. The Morgan fingerprint density at radius 2 is 1.76 bits per heavy atom. The lowest BCUT2D eigenvalue weighted by molar-refractivity contribution is -0.134. The molecule has 2 aromatic heterocycles. The molecule has 0 saturated heterocycles. The fraction of sp³-hybridized carbons (Fsp3) is 0.172. The zero-order valence-electron chi connectivity index (χ0n) is 19.2. The SMILES string of the molecule is Cc1cc(C)cc(OC(=O)CCCc2c(-c3ccc4ccccc4n3)[nH]c3ccc(Cl)cc23)c1. The maximum atomic E-state index is 12.5. The van der Waals surface area contributed by atoms with E-state index >= 15 is 0 Å². The second kappa shape index (κ2) is 9.32. The number of H-pyrrole nitrogens is 1. The van der Waals surface area contributed by atoms with Crippen molar-refractivity contribution in [3.05, 3.63) is 94.5 Å². The van der Waals surface area contributed by atoms with E-state index < -0.39 is 0 Å². The lowest BCUT2D eigenvalue weighted by atomic mass is 10.0. The summed E-state index contributed by atoms with van der Waals surface area (Å²) in [7, 11) is 0. The molecule has 0 saturated carbocycles. The molecule has 0 fully saturated rings. The summed E-state index contributed by atoms with van der Waals surface area (Å²) in [5, 5.41) is 2.83. The van der Waals surface area contributed by atoms with Crippen LogP contribution in [-0.2, 0) is 11.2 Å². The molecule has 0 unspecified atom stereocenters. The first-order chi connectivity index (χ1) is 16.5. The number of esters is 1. The number of hydrogen-bond acceptors (Lipinski definition) is 3. The van der Waals surface area contributed by atoms with Gasteiger partial charge in [-0.3, -0.25) is 4.79 Å². The molecule has 0 bridgehead atoms. The molecular formula is C29H25ClN2O2. The number of ether oxygens (including phenoxy) is 1. The van der Waals surface area contributed by atoms with Crippen molar-refractivity contribution in [3.63, 3.8) is 0 Å². The normalized spacial score (nSPS) is 11.3. The molecule has 0 spiro atoms. The first-order valence-electron chi connectivity index (χ1n) is 11.4. The van der Waals surface area contributed by atoms with Gasteiger partial charge in [-0.25, -0.2) is 4.98 Å². The van der Waals surface area contributed by atoms with Crippen molar-refractivity contribution in [1.82, 2.24) is 9.97 Å². The molecule has 0 aliphatic carbocycles. The third-order valence-corrected chi connectivity index (χ3v) is 6.19. The summed E-state index contributed by atoms with van der Waals surface area (Å²) in [5.74, 6) is 0.371. The standard InChI is InChI=1S/C29H25ClN2O2/c1-18-14-19(2)16-22(15-18)34-28(33)9-5-7-23-24-17-21(30)11-13-26(24)32-29(23)27-12-10-20-6-3-4-8-25(20)31-27/h3-4,6,8,10-17,32H,5,7,9H2,1-2H3. The van der Waals surface area contributed by atoms with Crippen LogP contribution in [0.4, 0.5) is 0 Å². The van der Waals surface area contributed by atoms with Crippen molar-refractivity contribution >= 4 is 39.4 Å². The molecule has 2 heterocycles. The Bertz CT molecular complexity index is 1500. The average molecular weight is 469 g/mol. The molecule has 3 aromatic carbocycles. The summed E-state index contributed by atoms with van der Waals surface area (Å²) in [5.41, 5.74) is 7.04. The molecule has 0 aliphatic rings. The van der Waals surface area contributed by atoms with Crippen LogP contribution in [0.15, 0.2) is 72.8 Å². The number of carbonyl (C=O) groups is 1.